The van der Waals surface area contributed by atoms with Crippen LogP contribution in [0.5, 0.6) is 0 Å². The molecule has 1 aromatic rings. The van der Waals surface area contributed by atoms with E-state index in [-0.39, 0.29) is 18.2 Å². The Morgan fingerprint density at radius 2 is 1.89 bits per heavy atom. The molecule has 1 aromatic carbocycles. The number of rotatable bonds is 7. The first-order chi connectivity index (χ1) is 9.08. The Morgan fingerprint density at radius 1 is 1.26 bits per heavy atom. The Hall–Kier alpha value is -1.39. The minimum absolute atomic E-state index is 0.0309. The average molecular weight is 284 g/mol. The van der Waals surface area contributed by atoms with Gasteiger partial charge >= 0.3 is 5.97 Å². The number of likely N-dealkylation sites (N-methyl/N-ethyl adjacent to an activating group) is 1. The van der Waals surface area contributed by atoms with E-state index in [0.29, 0.717) is 23.7 Å². The number of nitrogens with one attached hydrogen (secondary N) is 1. The number of esters is 1. The van der Waals surface area contributed by atoms with Crippen molar-refractivity contribution in [3.63, 3.8) is 0 Å². The van der Waals surface area contributed by atoms with Gasteiger partial charge in [-0.2, -0.15) is 0 Å². The van der Waals surface area contributed by atoms with E-state index in [0.717, 1.165) is 0 Å². The zero-order valence-electron chi connectivity index (χ0n) is 11.1. The van der Waals surface area contributed by atoms with Crippen molar-refractivity contribution in [1.82, 2.24) is 5.32 Å². The molecule has 5 heteroatoms. The summed E-state index contributed by atoms with van der Waals surface area (Å²) in [7, 11) is 0. The van der Waals surface area contributed by atoms with Crippen LogP contribution < -0.4 is 5.32 Å². The summed E-state index contributed by atoms with van der Waals surface area (Å²) in [4.78, 5) is 23.8. The SMILES string of the molecule is CCNC(CC(=O)OCC)C(=O)c1ccc(Cl)cc1. The van der Waals surface area contributed by atoms with E-state index in [4.69, 9.17) is 16.3 Å². The lowest BCUT2D eigenvalue weighted by atomic mass is 10.0. The van der Waals surface area contributed by atoms with Gasteiger partial charge in [-0.1, -0.05) is 18.5 Å². The molecule has 0 saturated carbocycles. The Labute approximate surface area is 118 Å². The maximum absolute atomic E-state index is 12.3. The fourth-order valence-electron chi connectivity index (χ4n) is 1.71. The lowest BCUT2D eigenvalue weighted by Crippen LogP contribution is -2.39. The predicted octanol–water partition coefficient (Wildman–Crippen LogP) is 2.45. The van der Waals surface area contributed by atoms with E-state index in [1.165, 1.54) is 0 Å². The molecule has 1 rings (SSSR count). The normalized spacial score (nSPS) is 11.9. The third kappa shape index (κ3) is 5.01. The third-order valence-electron chi connectivity index (χ3n) is 2.57. The molecule has 0 radical (unpaired) electrons. The number of ether oxygens (including phenoxy) is 1. The standard InChI is InChI=1S/C14H18ClNO3/c1-3-16-12(9-13(17)19-4-2)14(18)10-5-7-11(15)8-6-10/h5-8,12,16H,3-4,9H2,1-2H3. The van der Waals surface area contributed by atoms with Gasteiger partial charge in [-0.3, -0.25) is 9.59 Å². The number of hydrogen-bond acceptors (Lipinski definition) is 4. The third-order valence-corrected chi connectivity index (χ3v) is 2.82. The van der Waals surface area contributed by atoms with Gasteiger partial charge in [-0.15, -0.1) is 0 Å². The molecule has 4 nitrogen and oxygen atoms in total. The molecule has 1 atom stereocenters. The number of carbonyl (C=O) groups is 2. The highest BCUT2D eigenvalue weighted by atomic mass is 35.5. The first kappa shape index (κ1) is 15.7. The minimum Gasteiger partial charge on any atom is -0.466 e. The summed E-state index contributed by atoms with van der Waals surface area (Å²) in [6.07, 6.45) is 0.0309. The molecule has 0 spiro atoms. The van der Waals surface area contributed by atoms with Gasteiger partial charge in [0.05, 0.1) is 19.1 Å². The molecule has 0 aromatic heterocycles. The van der Waals surface area contributed by atoms with Gasteiger partial charge in [0.15, 0.2) is 5.78 Å². The molecule has 0 saturated heterocycles. The van der Waals surface area contributed by atoms with Crippen LogP contribution in [0.1, 0.15) is 30.6 Å². The van der Waals surface area contributed by atoms with Crippen LogP contribution in [-0.4, -0.2) is 30.9 Å². The molecule has 0 aliphatic carbocycles. The molecule has 1 N–H and O–H groups in total. The van der Waals surface area contributed by atoms with Crippen molar-refractivity contribution in [3.05, 3.63) is 34.9 Å². The van der Waals surface area contributed by atoms with E-state index in [2.05, 4.69) is 5.32 Å². The predicted molar refractivity (Wildman–Crippen MR) is 74.5 cm³/mol. The van der Waals surface area contributed by atoms with Gasteiger partial charge in [-0.25, -0.2) is 0 Å². The monoisotopic (exact) mass is 283 g/mol. The smallest absolute Gasteiger partial charge is 0.307 e. The Kier molecular flexibility index (Phi) is 6.53. The van der Waals surface area contributed by atoms with Crippen molar-refractivity contribution in [1.29, 1.82) is 0 Å². The van der Waals surface area contributed by atoms with Crippen molar-refractivity contribution in [2.24, 2.45) is 0 Å². The van der Waals surface area contributed by atoms with Crippen molar-refractivity contribution < 1.29 is 14.3 Å². The fraction of sp³-hybridized carbons (Fsp3) is 0.429. The average Bonchev–Trinajstić information content (AvgIpc) is 2.38. The lowest BCUT2D eigenvalue weighted by Gasteiger charge is -2.15. The number of hydrogen-bond donors (Lipinski definition) is 1. The maximum atomic E-state index is 12.3. The number of Topliss-reactive ketones (excluding diaryl/α,β-unsaturated/α-hetero) is 1. The van der Waals surface area contributed by atoms with Gasteiger partial charge in [0.1, 0.15) is 0 Å². The number of carbonyl (C=O) groups excluding carboxylic acids is 2. The van der Waals surface area contributed by atoms with Crippen LogP contribution in [0, 0.1) is 0 Å². The second-order valence-corrected chi connectivity index (χ2v) is 4.43. The van der Waals surface area contributed by atoms with Crippen molar-refractivity contribution in [2.45, 2.75) is 26.3 Å². The Bertz CT molecular complexity index is 431. The largest absolute Gasteiger partial charge is 0.466 e. The van der Waals surface area contributed by atoms with Crippen molar-refractivity contribution in [3.8, 4) is 0 Å². The second kappa shape index (κ2) is 7.92. The van der Waals surface area contributed by atoms with E-state index >= 15 is 0 Å². The van der Waals surface area contributed by atoms with E-state index in [9.17, 15) is 9.59 Å². The maximum Gasteiger partial charge on any atom is 0.307 e. The summed E-state index contributed by atoms with van der Waals surface area (Å²) >= 11 is 5.78. The molecule has 0 aliphatic rings. The fourth-order valence-corrected chi connectivity index (χ4v) is 1.83. The van der Waals surface area contributed by atoms with E-state index in [1.54, 1.807) is 31.2 Å². The highest BCUT2D eigenvalue weighted by molar-refractivity contribution is 6.30. The topological polar surface area (TPSA) is 55.4 Å². The van der Waals surface area contributed by atoms with E-state index in [1.807, 2.05) is 6.92 Å². The molecule has 0 heterocycles. The highest BCUT2D eigenvalue weighted by Gasteiger charge is 2.22. The lowest BCUT2D eigenvalue weighted by molar-refractivity contribution is -0.143. The van der Waals surface area contributed by atoms with Gasteiger partial charge in [-0.05, 0) is 37.7 Å². The van der Waals surface area contributed by atoms with E-state index < -0.39 is 6.04 Å². The van der Waals surface area contributed by atoms with Crippen LogP contribution >= 0.6 is 11.6 Å². The van der Waals surface area contributed by atoms with Crippen LogP contribution in [-0.2, 0) is 9.53 Å². The molecule has 19 heavy (non-hydrogen) atoms. The number of halogens is 1. The molecule has 0 fully saturated rings. The summed E-state index contributed by atoms with van der Waals surface area (Å²) in [6.45, 7) is 4.53. The minimum atomic E-state index is -0.565. The number of benzene rings is 1. The van der Waals surface area contributed by atoms with Gasteiger partial charge < -0.3 is 10.1 Å². The molecule has 1 unspecified atom stereocenters. The van der Waals surface area contributed by atoms with Gasteiger partial charge in [0.2, 0.25) is 0 Å². The summed E-state index contributed by atoms with van der Waals surface area (Å²) in [5.74, 6) is -0.512. The summed E-state index contributed by atoms with van der Waals surface area (Å²) in [5.41, 5.74) is 0.527. The zero-order chi connectivity index (χ0) is 14.3. The molecule has 0 amide bonds. The molecular formula is C14H18ClNO3. The van der Waals surface area contributed by atoms with Crippen LogP contribution in [0.3, 0.4) is 0 Å². The summed E-state index contributed by atoms with van der Waals surface area (Å²) in [6, 6.07) is 6.05. The Balaban J connectivity index is 2.77. The van der Waals surface area contributed by atoms with Crippen LogP contribution in [0.4, 0.5) is 0 Å². The second-order valence-electron chi connectivity index (χ2n) is 3.99. The molecule has 0 aliphatic heterocycles. The van der Waals surface area contributed by atoms with Crippen LogP contribution in [0.15, 0.2) is 24.3 Å². The summed E-state index contributed by atoms with van der Waals surface area (Å²) < 4.78 is 4.87. The van der Waals surface area contributed by atoms with Gasteiger partial charge in [0, 0.05) is 10.6 Å². The molecule has 104 valence electrons. The number of ketones is 1. The first-order valence-electron chi connectivity index (χ1n) is 6.27. The molecular weight excluding hydrogens is 266 g/mol. The first-order valence-corrected chi connectivity index (χ1v) is 6.65. The Morgan fingerprint density at radius 3 is 2.42 bits per heavy atom. The quantitative estimate of drug-likeness (QED) is 0.617. The van der Waals surface area contributed by atoms with Crippen LogP contribution in [0.25, 0.3) is 0 Å². The summed E-state index contributed by atoms with van der Waals surface area (Å²) in [5, 5.41) is 3.57. The van der Waals surface area contributed by atoms with Crippen molar-refractivity contribution in [2.75, 3.05) is 13.2 Å². The van der Waals surface area contributed by atoms with Crippen LogP contribution in [0.2, 0.25) is 5.02 Å². The van der Waals surface area contributed by atoms with Crippen molar-refractivity contribution >= 4 is 23.4 Å². The molecule has 0 bridgehead atoms. The highest BCUT2D eigenvalue weighted by Crippen LogP contribution is 2.12. The zero-order valence-corrected chi connectivity index (χ0v) is 11.9. The van der Waals surface area contributed by atoms with Gasteiger partial charge in [0.25, 0.3) is 0 Å².